The number of carbonyl (C=O) groups is 1. The normalized spacial score (nSPS) is 22.8. The first-order chi connectivity index (χ1) is 9.43. The molecule has 0 aliphatic carbocycles. The van der Waals surface area contributed by atoms with Crippen LogP contribution >= 0.6 is 0 Å². The summed E-state index contributed by atoms with van der Waals surface area (Å²) in [6.45, 7) is 7.51. The Bertz CT molecular complexity index is 480. The topological polar surface area (TPSA) is 50.4 Å². The van der Waals surface area contributed by atoms with Crippen LogP contribution in [0.4, 0.5) is 5.69 Å². The van der Waals surface area contributed by atoms with Crippen LogP contribution in [0.15, 0.2) is 24.3 Å². The standard InChI is InChI=1S/C16H24N2O2/c1-16(2,3)12-7-5-6-8-13(12)18-15(19)11-9-20-10-14(11)17-4/h5-8,11,14,17H,9-10H2,1-4H3,(H,18,19). The summed E-state index contributed by atoms with van der Waals surface area (Å²) in [5.41, 5.74) is 2.04. The Labute approximate surface area is 120 Å². The van der Waals surface area contributed by atoms with Crippen LogP contribution in [0.25, 0.3) is 0 Å². The monoisotopic (exact) mass is 276 g/mol. The van der Waals surface area contributed by atoms with Gasteiger partial charge in [-0.05, 0) is 24.1 Å². The van der Waals surface area contributed by atoms with Gasteiger partial charge in [-0.25, -0.2) is 0 Å². The SMILES string of the molecule is CNC1COCC1C(=O)Nc1ccccc1C(C)(C)C. The number of benzene rings is 1. The molecular formula is C16H24N2O2. The molecule has 1 aromatic rings. The van der Waals surface area contributed by atoms with Crippen LogP contribution < -0.4 is 10.6 Å². The van der Waals surface area contributed by atoms with E-state index in [0.29, 0.717) is 13.2 Å². The van der Waals surface area contributed by atoms with Gasteiger partial charge >= 0.3 is 0 Å². The third-order valence-corrected chi connectivity index (χ3v) is 3.78. The van der Waals surface area contributed by atoms with E-state index in [9.17, 15) is 4.79 Å². The zero-order valence-electron chi connectivity index (χ0n) is 12.7. The average Bonchev–Trinajstić information content (AvgIpc) is 2.86. The number of rotatable bonds is 3. The fourth-order valence-corrected chi connectivity index (χ4v) is 2.57. The van der Waals surface area contributed by atoms with Gasteiger partial charge in [0.25, 0.3) is 0 Å². The molecule has 0 radical (unpaired) electrons. The van der Waals surface area contributed by atoms with Gasteiger partial charge in [0.2, 0.25) is 5.91 Å². The molecule has 0 aromatic heterocycles. The molecule has 1 heterocycles. The maximum atomic E-state index is 12.4. The van der Waals surface area contributed by atoms with Crippen LogP contribution in [0.5, 0.6) is 0 Å². The summed E-state index contributed by atoms with van der Waals surface area (Å²) in [7, 11) is 1.86. The fourth-order valence-electron chi connectivity index (χ4n) is 2.57. The molecule has 2 N–H and O–H groups in total. The average molecular weight is 276 g/mol. The van der Waals surface area contributed by atoms with Crippen molar-refractivity contribution in [1.82, 2.24) is 5.32 Å². The molecule has 0 bridgehead atoms. The summed E-state index contributed by atoms with van der Waals surface area (Å²) in [4.78, 5) is 12.4. The van der Waals surface area contributed by atoms with Crippen molar-refractivity contribution in [2.24, 2.45) is 5.92 Å². The Morgan fingerprint density at radius 3 is 2.60 bits per heavy atom. The van der Waals surface area contributed by atoms with Crippen molar-refractivity contribution in [2.45, 2.75) is 32.2 Å². The lowest BCUT2D eigenvalue weighted by molar-refractivity contribution is -0.120. The molecule has 0 spiro atoms. The number of likely N-dealkylation sites (N-methyl/N-ethyl adjacent to an activating group) is 1. The summed E-state index contributed by atoms with van der Waals surface area (Å²) in [6, 6.07) is 8.08. The first-order valence-corrected chi connectivity index (χ1v) is 7.09. The highest BCUT2D eigenvalue weighted by Crippen LogP contribution is 2.29. The Hall–Kier alpha value is -1.39. The van der Waals surface area contributed by atoms with E-state index in [0.717, 1.165) is 11.3 Å². The summed E-state index contributed by atoms with van der Waals surface area (Å²) in [6.07, 6.45) is 0. The number of para-hydroxylation sites is 1. The van der Waals surface area contributed by atoms with Crippen LogP contribution in [0.1, 0.15) is 26.3 Å². The van der Waals surface area contributed by atoms with Crippen molar-refractivity contribution in [2.75, 3.05) is 25.6 Å². The second kappa shape index (κ2) is 5.94. The minimum atomic E-state index is -0.131. The van der Waals surface area contributed by atoms with Crippen LogP contribution in [-0.4, -0.2) is 32.2 Å². The lowest BCUT2D eigenvalue weighted by Gasteiger charge is -2.24. The van der Waals surface area contributed by atoms with Gasteiger partial charge in [-0.3, -0.25) is 4.79 Å². The van der Waals surface area contributed by atoms with E-state index in [1.54, 1.807) is 0 Å². The van der Waals surface area contributed by atoms with E-state index in [1.807, 2.05) is 25.2 Å². The lowest BCUT2D eigenvalue weighted by Crippen LogP contribution is -2.39. The van der Waals surface area contributed by atoms with Gasteiger partial charge in [-0.15, -0.1) is 0 Å². The molecule has 2 rings (SSSR count). The third-order valence-electron chi connectivity index (χ3n) is 3.78. The largest absolute Gasteiger partial charge is 0.379 e. The molecule has 1 aliphatic rings. The van der Waals surface area contributed by atoms with Crippen LogP contribution in [0.2, 0.25) is 0 Å². The van der Waals surface area contributed by atoms with E-state index < -0.39 is 0 Å². The lowest BCUT2D eigenvalue weighted by atomic mass is 9.85. The van der Waals surface area contributed by atoms with Gasteiger partial charge in [0.05, 0.1) is 19.1 Å². The molecule has 1 amide bonds. The van der Waals surface area contributed by atoms with Crippen molar-refractivity contribution in [3.8, 4) is 0 Å². The van der Waals surface area contributed by atoms with Crippen molar-refractivity contribution >= 4 is 11.6 Å². The van der Waals surface area contributed by atoms with Gasteiger partial charge in [0, 0.05) is 11.7 Å². The number of amides is 1. The highest BCUT2D eigenvalue weighted by molar-refractivity contribution is 5.94. The van der Waals surface area contributed by atoms with Crippen LogP contribution in [-0.2, 0) is 14.9 Å². The summed E-state index contributed by atoms with van der Waals surface area (Å²) in [5, 5.41) is 6.20. The molecule has 1 fully saturated rings. The smallest absolute Gasteiger partial charge is 0.231 e. The van der Waals surface area contributed by atoms with Gasteiger partial charge in [0.15, 0.2) is 0 Å². The summed E-state index contributed by atoms with van der Waals surface area (Å²) < 4.78 is 5.39. The minimum absolute atomic E-state index is 0.00153. The van der Waals surface area contributed by atoms with Crippen molar-refractivity contribution in [1.29, 1.82) is 0 Å². The molecule has 110 valence electrons. The number of hydrogen-bond donors (Lipinski definition) is 2. The first-order valence-electron chi connectivity index (χ1n) is 7.09. The van der Waals surface area contributed by atoms with E-state index in [4.69, 9.17) is 4.74 Å². The molecule has 0 saturated carbocycles. The highest BCUT2D eigenvalue weighted by Gasteiger charge is 2.33. The number of anilines is 1. The second-order valence-corrected chi connectivity index (χ2v) is 6.32. The van der Waals surface area contributed by atoms with Crippen molar-refractivity contribution < 1.29 is 9.53 Å². The Kier molecular flexibility index (Phi) is 4.45. The fraction of sp³-hybridized carbons (Fsp3) is 0.562. The van der Waals surface area contributed by atoms with E-state index >= 15 is 0 Å². The van der Waals surface area contributed by atoms with Gasteiger partial charge in [-0.1, -0.05) is 39.0 Å². The Morgan fingerprint density at radius 1 is 1.25 bits per heavy atom. The number of ether oxygens (including phenoxy) is 1. The molecule has 2 atom stereocenters. The maximum absolute atomic E-state index is 12.4. The predicted octanol–water partition coefficient (Wildman–Crippen LogP) is 2.16. The van der Waals surface area contributed by atoms with E-state index in [2.05, 4.69) is 37.5 Å². The summed E-state index contributed by atoms with van der Waals surface area (Å²) >= 11 is 0. The molecule has 4 heteroatoms. The zero-order chi connectivity index (χ0) is 14.8. The van der Waals surface area contributed by atoms with Gasteiger partial charge < -0.3 is 15.4 Å². The molecule has 1 aliphatic heterocycles. The minimum Gasteiger partial charge on any atom is -0.379 e. The molecule has 1 saturated heterocycles. The number of nitrogens with one attached hydrogen (secondary N) is 2. The van der Waals surface area contributed by atoms with Gasteiger partial charge in [-0.2, -0.15) is 0 Å². The van der Waals surface area contributed by atoms with Crippen LogP contribution in [0, 0.1) is 5.92 Å². The van der Waals surface area contributed by atoms with E-state index in [-0.39, 0.29) is 23.3 Å². The van der Waals surface area contributed by atoms with Crippen molar-refractivity contribution in [3.05, 3.63) is 29.8 Å². The maximum Gasteiger partial charge on any atom is 0.231 e. The number of carbonyl (C=O) groups excluding carboxylic acids is 1. The zero-order valence-corrected chi connectivity index (χ0v) is 12.7. The van der Waals surface area contributed by atoms with Crippen molar-refractivity contribution in [3.63, 3.8) is 0 Å². The number of hydrogen-bond acceptors (Lipinski definition) is 3. The first kappa shape index (κ1) is 15.0. The Morgan fingerprint density at radius 2 is 1.95 bits per heavy atom. The second-order valence-electron chi connectivity index (χ2n) is 6.32. The molecular weight excluding hydrogens is 252 g/mol. The molecule has 4 nitrogen and oxygen atoms in total. The summed E-state index contributed by atoms with van der Waals surface area (Å²) in [5.74, 6) is -0.105. The molecule has 20 heavy (non-hydrogen) atoms. The quantitative estimate of drug-likeness (QED) is 0.889. The van der Waals surface area contributed by atoms with E-state index in [1.165, 1.54) is 0 Å². The highest BCUT2D eigenvalue weighted by atomic mass is 16.5. The van der Waals surface area contributed by atoms with Gasteiger partial charge in [0.1, 0.15) is 0 Å². The predicted molar refractivity (Wildman–Crippen MR) is 80.9 cm³/mol. The molecule has 1 aromatic carbocycles. The van der Waals surface area contributed by atoms with Crippen LogP contribution in [0.3, 0.4) is 0 Å². The third kappa shape index (κ3) is 3.19. The Balaban J connectivity index is 2.16. The molecule has 2 unspecified atom stereocenters.